The van der Waals surface area contributed by atoms with Gasteiger partial charge in [0.05, 0.1) is 0 Å². The number of ether oxygens (including phenoxy) is 1. The van der Waals surface area contributed by atoms with E-state index in [-0.39, 0.29) is 23.6 Å². The Morgan fingerprint density at radius 2 is 2.20 bits per heavy atom. The third kappa shape index (κ3) is 2.92. The highest BCUT2D eigenvalue weighted by atomic mass is 16.5. The van der Waals surface area contributed by atoms with Crippen LogP contribution < -0.4 is 11.1 Å². The van der Waals surface area contributed by atoms with Gasteiger partial charge < -0.3 is 15.8 Å². The van der Waals surface area contributed by atoms with Gasteiger partial charge in [0.1, 0.15) is 6.10 Å². The van der Waals surface area contributed by atoms with Crippen LogP contribution in [0.5, 0.6) is 0 Å². The fourth-order valence-electron chi connectivity index (χ4n) is 1.53. The average Bonchev–Trinajstić information content (AvgIpc) is 2.50. The summed E-state index contributed by atoms with van der Waals surface area (Å²) in [6, 6.07) is -0.0850. The van der Waals surface area contributed by atoms with Crippen molar-refractivity contribution in [1.82, 2.24) is 5.32 Å². The summed E-state index contributed by atoms with van der Waals surface area (Å²) in [6.07, 6.45) is 0.652. The molecule has 3 N–H and O–H groups in total. The first-order valence-electron chi connectivity index (χ1n) is 5.54. The third-order valence-corrected chi connectivity index (χ3v) is 3.23. The fraction of sp³-hybridized carbons (Fsp3) is 0.909. The molecule has 3 atom stereocenters. The van der Waals surface area contributed by atoms with Crippen LogP contribution >= 0.6 is 0 Å². The molecule has 88 valence electrons. The second kappa shape index (κ2) is 4.49. The Kier molecular flexibility index (Phi) is 3.73. The van der Waals surface area contributed by atoms with E-state index in [2.05, 4.69) is 5.32 Å². The lowest BCUT2D eigenvalue weighted by Gasteiger charge is -2.31. The van der Waals surface area contributed by atoms with Gasteiger partial charge in [-0.1, -0.05) is 6.92 Å². The summed E-state index contributed by atoms with van der Waals surface area (Å²) >= 11 is 0. The number of carbonyl (C=O) groups is 1. The topological polar surface area (TPSA) is 64.3 Å². The van der Waals surface area contributed by atoms with Gasteiger partial charge >= 0.3 is 0 Å². The quantitative estimate of drug-likeness (QED) is 0.725. The maximum Gasteiger partial charge on any atom is 0.249 e. The molecular formula is C11H22N2O2. The molecule has 0 aromatic heterocycles. The molecule has 0 aliphatic carbocycles. The van der Waals surface area contributed by atoms with Crippen LogP contribution in [0.2, 0.25) is 0 Å². The zero-order chi connectivity index (χ0) is 11.6. The van der Waals surface area contributed by atoms with Gasteiger partial charge in [0.25, 0.3) is 0 Å². The standard InChI is InChI=1S/C11H22N2O2/c1-7-5-6-15-9(7)10(14)13-11(3,4)8(2)12/h7-9H,5-6,12H2,1-4H3,(H,13,14). The van der Waals surface area contributed by atoms with E-state index >= 15 is 0 Å². The molecule has 1 aliphatic heterocycles. The molecule has 0 radical (unpaired) electrons. The van der Waals surface area contributed by atoms with Gasteiger partial charge in [0.15, 0.2) is 0 Å². The van der Waals surface area contributed by atoms with Crippen molar-refractivity contribution in [2.75, 3.05) is 6.61 Å². The van der Waals surface area contributed by atoms with Gasteiger partial charge in [-0.3, -0.25) is 4.79 Å². The normalized spacial score (nSPS) is 28.9. The lowest BCUT2D eigenvalue weighted by atomic mass is 9.95. The lowest BCUT2D eigenvalue weighted by molar-refractivity contribution is -0.133. The molecule has 0 saturated carbocycles. The second-order valence-electron chi connectivity index (χ2n) is 5.06. The maximum absolute atomic E-state index is 11.9. The average molecular weight is 214 g/mol. The summed E-state index contributed by atoms with van der Waals surface area (Å²) in [4.78, 5) is 11.9. The predicted octanol–water partition coefficient (Wildman–Crippen LogP) is 0.653. The van der Waals surface area contributed by atoms with Crippen LogP contribution in [0.3, 0.4) is 0 Å². The highest BCUT2D eigenvalue weighted by Crippen LogP contribution is 2.21. The number of nitrogens with one attached hydrogen (secondary N) is 1. The molecule has 1 heterocycles. The second-order valence-corrected chi connectivity index (χ2v) is 5.06. The monoisotopic (exact) mass is 214 g/mol. The first-order chi connectivity index (χ1) is 6.84. The first-order valence-corrected chi connectivity index (χ1v) is 5.54. The zero-order valence-corrected chi connectivity index (χ0v) is 10.0. The summed E-state index contributed by atoms with van der Waals surface area (Å²) in [7, 11) is 0. The maximum atomic E-state index is 11.9. The highest BCUT2D eigenvalue weighted by molar-refractivity contribution is 5.82. The largest absolute Gasteiger partial charge is 0.368 e. The van der Waals surface area contributed by atoms with Crippen LogP contribution in [-0.4, -0.2) is 30.2 Å². The van der Waals surface area contributed by atoms with E-state index in [0.717, 1.165) is 6.42 Å². The lowest BCUT2D eigenvalue weighted by Crippen LogP contribution is -2.57. The Morgan fingerprint density at radius 1 is 1.60 bits per heavy atom. The molecular weight excluding hydrogens is 192 g/mol. The van der Waals surface area contributed by atoms with Crippen molar-refractivity contribution in [3.63, 3.8) is 0 Å². The number of rotatable bonds is 3. The van der Waals surface area contributed by atoms with E-state index in [1.807, 2.05) is 27.7 Å². The van der Waals surface area contributed by atoms with E-state index in [0.29, 0.717) is 12.5 Å². The number of hydrogen-bond donors (Lipinski definition) is 2. The molecule has 1 aliphatic rings. The smallest absolute Gasteiger partial charge is 0.249 e. The van der Waals surface area contributed by atoms with Crippen molar-refractivity contribution < 1.29 is 9.53 Å². The van der Waals surface area contributed by atoms with Crippen LogP contribution in [-0.2, 0) is 9.53 Å². The molecule has 0 bridgehead atoms. The fourth-order valence-corrected chi connectivity index (χ4v) is 1.53. The number of amides is 1. The number of hydrogen-bond acceptors (Lipinski definition) is 3. The molecule has 0 aromatic carbocycles. The van der Waals surface area contributed by atoms with Crippen LogP contribution in [0.4, 0.5) is 0 Å². The molecule has 1 saturated heterocycles. The molecule has 0 spiro atoms. The van der Waals surface area contributed by atoms with Crippen LogP contribution in [0.15, 0.2) is 0 Å². The predicted molar refractivity (Wildman–Crippen MR) is 59.4 cm³/mol. The van der Waals surface area contributed by atoms with Crippen molar-refractivity contribution >= 4 is 5.91 Å². The number of nitrogens with two attached hydrogens (primary N) is 1. The van der Waals surface area contributed by atoms with Crippen molar-refractivity contribution in [3.05, 3.63) is 0 Å². The van der Waals surface area contributed by atoms with Crippen molar-refractivity contribution in [1.29, 1.82) is 0 Å². The Balaban J connectivity index is 2.55. The molecule has 1 amide bonds. The molecule has 15 heavy (non-hydrogen) atoms. The molecule has 1 fully saturated rings. The van der Waals surface area contributed by atoms with E-state index in [9.17, 15) is 4.79 Å². The Labute approximate surface area is 91.5 Å². The van der Waals surface area contributed by atoms with Crippen molar-refractivity contribution in [3.8, 4) is 0 Å². The zero-order valence-electron chi connectivity index (χ0n) is 10.0. The van der Waals surface area contributed by atoms with Crippen LogP contribution in [0.1, 0.15) is 34.1 Å². The van der Waals surface area contributed by atoms with Gasteiger partial charge in [-0.15, -0.1) is 0 Å². The Morgan fingerprint density at radius 3 is 2.60 bits per heavy atom. The molecule has 0 aromatic rings. The van der Waals surface area contributed by atoms with Crippen LogP contribution in [0, 0.1) is 5.92 Å². The third-order valence-electron chi connectivity index (χ3n) is 3.23. The molecule has 3 unspecified atom stereocenters. The highest BCUT2D eigenvalue weighted by Gasteiger charge is 2.34. The molecule has 4 nitrogen and oxygen atoms in total. The summed E-state index contributed by atoms with van der Waals surface area (Å²) in [5.41, 5.74) is 5.41. The van der Waals surface area contributed by atoms with Crippen molar-refractivity contribution in [2.45, 2.75) is 51.8 Å². The minimum absolute atomic E-state index is 0.0395. The molecule has 1 rings (SSSR count). The molecule has 4 heteroatoms. The van der Waals surface area contributed by atoms with Crippen LogP contribution in [0.25, 0.3) is 0 Å². The minimum Gasteiger partial charge on any atom is -0.368 e. The first kappa shape index (κ1) is 12.5. The van der Waals surface area contributed by atoms with Gasteiger partial charge in [0, 0.05) is 18.2 Å². The summed E-state index contributed by atoms with van der Waals surface area (Å²) in [6.45, 7) is 8.46. The Bertz CT molecular complexity index is 239. The van der Waals surface area contributed by atoms with E-state index in [1.54, 1.807) is 0 Å². The summed E-state index contributed by atoms with van der Waals surface area (Å²) in [5.74, 6) is 0.260. The van der Waals surface area contributed by atoms with Gasteiger partial charge in [-0.2, -0.15) is 0 Å². The van der Waals surface area contributed by atoms with Crippen molar-refractivity contribution in [2.24, 2.45) is 11.7 Å². The van der Waals surface area contributed by atoms with E-state index < -0.39 is 0 Å². The Hall–Kier alpha value is -0.610. The number of carbonyl (C=O) groups excluding carboxylic acids is 1. The minimum atomic E-state index is -0.386. The van der Waals surface area contributed by atoms with Gasteiger partial charge in [0.2, 0.25) is 5.91 Å². The van der Waals surface area contributed by atoms with E-state index in [4.69, 9.17) is 10.5 Å². The van der Waals surface area contributed by atoms with Gasteiger partial charge in [-0.05, 0) is 33.1 Å². The van der Waals surface area contributed by atoms with E-state index in [1.165, 1.54) is 0 Å². The summed E-state index contributed by atoms with van der Waals surface area (Å²) in [5, 5.41) is 2.94. The van der Waals surface area contributed by atoms with Gasteiger partial charge in [-0.25, -0.2) is 0 Å². The SMILES string of the molecule is CC1CCOC1C(=O)NC(C)(C)C(C)N. The summed E-state index contributed by atoms with van der Waals surface area (Å²) < 4.78 is 5.40.